The van der Waals surface area contributed by atoms with Crippen LogP contribution >= 0.6 is 0 Å². The number of benzene rings is 2. The van der Waals surface area contributed by atoms with E-state index in [1.807, 2.05) is 24.4 Å². The van der Waals surface area contributed by atoms with Crippen molar-refractivity contribution in [1.29, 1.82) is 0 Å². The van der Waals surface area contributed by atoms with Gasteiger partial charge in [0.2, 0.25) is 0 Å². The Labute approximate surface area is 155 Å². The first-order chi connectivity index (χ1) is 12.5. The number of pyridine rings is 1. The maximum absolute atomic E-state index is 10.2. The zero-order valence-electron chi connectivity index (χ0n) is 16.0. The fourth-order valence-corrected chi connectivity index (χ4v) is 3.36. The van der Waals surface area contributed by atoms with E-state index in [1.54, 1.807) is 6.07 Å². The monoisotopic (exact) mass is 349 g/mol. The van der Waals surface area contributed by atoms with Crippen LogP contribution in [0.4, 0.5) is 11.4 Å². The molecule has 0 saturated carbocycles. The molecule has 0 aliphatic carbocycles. The number of phenolic OH excluding ortho intramolecular Hbond substituents is 1. The molecule has 3 aromatic rings. The molecule has 1 aromatic heterocycles. The Balaban J connectivity index is 1.96. The van der Waals surface area contributed by atoms with Gasteiger partial charge in [0, 0.05) is 35.1 Å². The molecule has 2 aromatic carbocycles. The smallest absolute Gasteiger partial charge is 0.120 e. The van der Waals surface area contributed by atoms with E-state index in [0.29, 0.717) is 5.75 Å². The van der Waals surface area contributed by atoms with Crippen LogP contribution in [0.2, 0.25) is 0 Å². The fraction of sp³-hybridized carbons (Fsp3) is 0.318. The number of rotatable bonds is 6. The quantitative estimate of drug-likeness (QED) is 0.605. The highest BCUT2D eigenvalue weighted by atomic mass is 16.3. The van der Waals surface area contributed by atoms with Crippen molar-refractivity contribution in [3.8, 4) is 5.75 Å². The van der Waals surface area contributed by atoms with Gasteiger partial charge in [-0.15, -0.1) is 0 Å². The van der Waals surface area contributed by atoms with E-state index in [4.69, 9.17) is 0 Å². The van der Waals surface area contributed by atoms with Gasteiger partial charge < -0.3 is 10.4 Å². The van der Waals surface area contributed by atoms with Crippen LogP contribution in [-0.2, 0) is 6.54 Å². The van der Waals surface area contributed by atoms with Crippen molar-refractivity contribution in [3.05, 3.63) is 59.3 Å². The summed E-state index contributed by atoms with van der Waals surface area (Å²) in [5.41, 5.74) is 6.35. The Hall–Kier alpha value is -2.59. The summed E-state index contributed by atoms with van der Waals surface area (Å²) in [6.45, 7) is 11.1. The van der Waals surface area contributed by atoms with E-state index in [0.717, 1.165) is 47.5 Å². The van der Waals surface area contributed by atoms with Gasteiger partial charge >= 0.3 is 0 Å². The van der Waals surface area contributed by atoms with Crippen LogP contribution in [0.3, 0.4) is 0 Å². The first-order valence-corrected chi connectivity index (χ1v) is 9.19. The van der Waals surface area contributed by atoms with Gasteiger partial charge in [-0.05, 0) is 62.8 Å². The Morgan fingerprint density at radius 2 is 1.81 bits per heavy atom. The van der Waals surface area contributed by atoms with Crippen molar-refractivity contribution in [2.45, 2.75) is 34.2 Å². The van der Waals surface area contributed by atoms with Gasteiger partial charge in [0.05, 0.1) is 5.52 Å². The van der Waals surface area contributed by atoms with Crippen LogP contribution < -0.4 is 5.32 Å². The zero-order chi connectivity index (χ0) is 18.7. The Morgan fingerprint density at radius 3 is 2.54 bits per heavy atom. The molecule has 0 aliphatic heterocycles. The van der Waals surface area contributed by atoms with Crippen molar-refractivity contribution < 1.29 is 5.11 Å². The van der Waals surface area contributed by atoms with Crippen LogP contribution in [-0.4, -0.2) is 28.1 Å². The number of aryl methyl sites for hydroxylation is 2. The largest absolute Gasteiger partial charge is 0.508 e. The number of nitrogens with zero attached hydrogens (tertiary/aromatic N) is 2. The summed E-state index contributed by atoms with van der Waals surface area (Å²) in [5.74, 6) is 0.341. The highest BCUT2D eigenvalue weighted by Crippen LogP contribution is 2.30. The molecule has 4 nitrogen and oxygen atoms in total. The maximum Gasteiger partial charge on any atom is 0.120 e. The van der Waals surface area contributed by atoms with Crippen molar-refractivity contribution >= 4 is 22.3 Å². The van der Waals surface area contributed by atoms with Crippen LogP contribution in [0.5, 0.6) is 5.75 Å². The normalized spacial score (nSPS) is 11.3. The van der Waals surface area contributed by atoms with Crippen molar-refractivity contribution in [3.63, 3.8) is 0 Å². The van der Waals surface area contributed by atoms with Crippen molar-refractivity contribution in [1.82, 2.24) is 9.88 Å². The zero-order valence-corrected chi connectivity index (χ0v) is 16.0. The maximum atomic E-state index is 10.2. The fourth-order valence-electron chi connectivity index (χ4n) is 3.36. The van der Waals surface area contributed by atoms with Gasteiger partial charge in [-0.1, -0.05) is 25.5 Å². The van der Waals surface area contributed by atoms with Gasteiger partial charge in [0.15, 0.2) is 0 Å². The molecule has 0 radical (unpaired) electrons. The van der Waals surface area contributed by atoms with Gasteiger partial charge in [-0.2, -0.15) is 0 Å². The van der Waals surface area contributed by atoms with E-state index in [2.05, 4.69) is 55.0 Å². The highest BCUT2D eigenvalue weighted by molar-refractivity contribution is 5.95. The lowest BCUT2D eigenvalue weighted by Gasteiger charge is -2.19. The van der Waals surface area contributed by atoms with Crippen molar-refractivity contribution in [2.75, 3.05) is 18.4 Å². The van der Waals surface area contributed by atoms with Crippen molar-refractivity contribution in [2.24, 2.45) is 0 Å². The Bertz CT molecular complexity index is 917. The highest BCUT2D eigenvalue weighted by Gasteiger charge is 2.09. The topological polar surface area (TPSA) is 48.4 Å². The molecule has 2 N–H and O–H groups in total. The van der Waals surface area contributed by atoms with Gasteiger partial charge in [-0.3, -0.25) is 9.88 Å². The number of hydrogen-bond acceptors (Lipinski definition) is 4. The van der Waals surface area contributed by atoms with E-state index in [9.17, 15) is 5.11 Å². The lowest BCUT2D eigenvalue weighted by atomic mass is 10.1. The van der Waals surface area contributed by atoms with E-state index < -0.39 is 0 Å². The third kappa shape index (κ3) is 3.81. The number of hydrogen-bond donors (Lipinski definition) is 2. The van der Waals surface area contributed by atoms with E-state index in [1.165, 1.54) is 11.1 Å². The summed E-state index contributed by atoms with van der Waals surface area (Å²) in [4.78, 5) is 6.82. The molecule has 0 bridgehead atoms. The molecule has 4 heteroatoms. The summed E-state index contributed by atoms with van der Waals surface area (Å²) in [5, 5.41) is 14.8. The standard InChI is InChI=1S/C22H27N3O/c1-5-25(6-2)14-17-13-18(7-8-21(17)26)24-20-9-10-23-22-16(4)11-15(3)12-19(20)22/h7-13,26H,5-6,14H2,1-4H3,(H,23,24). The Morgan fingerprint density at radius 1 is 1.04 bits per heavy atom. The molecule has 26 heavy (non-hydrogen) atoms. The summed E-state index contributed by atoms with van der Waals surface area (Å²) in [6, 6.07) is 12.0. The lowest BCUT2D eigenvalue weighted by Crippen LogP contribution is -2.22. The third-order valence-electron chi connectivity index (χ3n) is 4.83. The van der Waals surface area contributed by atoms with Crippen LogP contribution in [0.1, 0.15) is 30.5 Å². The molecular formula is C22H27N3O. The van der Waals surface area contributed by atoms with Gasteiger partial charge in [0.25, 0.3) is 0 Å². The number of nitrogens with one attached hydrogen (secondary N) is 1. The summed E-state index contributed by atoms with van der Waals surface area (Å²) in [7, 11) is 0. The molecule has 136 valence electrons. The summed E-state index contributed by atoms with van der Waals surface area (Å²) >= 11 is 0. The van der Waals surface area contributed by atoms with Gasteiger partial charge in [0.1, 0.15) is 5.75 Å². The predicted molar refractivity (Wildman–Crippen MR) is 109 cm³/mol. The molecule has 0 spiro atoms. The molecule has 3 rings (SSSR count). The lowest BCUT2D eigenvalue weighted by molar-refractivity contribution is 0.291. The van der Waals surface area contributed by atoms with E-state index in [-0.39, 0.29) is 0 Å². The molecule has 0 atom stereocenters. The molecule has 0 amide bonds. The number of phenols is 1. The number of aromatic hydroxyl groups is 1. The molecule has 0 unspecified atom stereocenters. The second-order valence-electron chi connectivity index (χ2n) is 6.77. The van der Waals surface area contributed by atoms with E-state index >= 15 is 0 Å². The number of anilines is 2. The summed E-state index contributed by atoms with van der Waals surface area (Å²) < 4.78 is 0. The predicted octanol–water partition coefficient (Wildman–Crippen LogP) is 5.14. The number of aromatic nitrogens is 1. The minimum Gasteiger partial charge on any atom is -0.508 e. The average Bonchev–Trinajstić information content (AvgIpc) is 2.62. The number of fused-ring (bicyclic) bond motifs is 1. The van der Waals surface area contributed by atoms with Gasteiger partial charge in [-0.25, -0.2) is 0 Å². The van der Waals surface area contributed by atoms with Crippen LogP contribution in [0.25, 0.3) is 10.9 Å². The summed E-state index contributed by atoms with van der Waals surface area (Å²) in [6.07, 6.45) is 1.84. The average molecular weight is 349 g/mol. The SMILES string of the molecule is CCN(CC)Cc1cc(Nc2ccnc3c(C)cc(C)cc23)ccc1O. The first-order valence-electron chi connectivity index (χ1n) is 9.19. The molecular weight excluding hydrogens is 322 g/mol. The Kier molecular flexibility index (Phi) is 5.43. The molecule has 0 aliphatic rings. The minimum atomic E-state index is 0.341. The second-order valence-corrected chi connectivity index (χ2v) is 6.77. The first kappa shape index (κ1) is 18.2. The second kappa shape index (κ2) is 7.75. The molecule has 0 saturated heterocycles. The third-order valence-corrected chi connectivity index (χ3v) is 4.83. The molecule has 0 fully saturated rings. The molecule has 1 heterocycles. The minimum absolute atomic E-state index is 0.341. The van der Waals surface area contributed by atoms with Crippen LogP contribution in [0, 0.1) is 13.8 Å². The van der Waals surface area contributed by atoms with Crippen LogP contribution in [0.15, 0.2) is 42.6 Å².